The molecule has 1 aromatic rings. The molecule has 126 valence electrons. The average Bonchev–Trinajstić information content (AvgIpc) is 2.50. The van der Waals surface area contributed by atoms with E-state index in [-0.39, 0.29) is 29.9 Å². The standard InChI is InChI=1S/C17H22ClNO4/c18-12-8-9-15(20)14(10-12)17(22)23-11-16(21)19-13-6-4-2-1-3-5-7-13/h8-10,13,20H,1-7,11H2,(H,19,21). The van der Waals surface area contributed by atoms with Crippen LogP contribution in [0, 0.1) is 0 Å². The summed E-state index contributed by atoms with van der Waals surface area (Å²) in [6, 6.07) is 4.25. The summed E-state index contributed by atoms with van der Waals surface area (Å²) in [4.78, 5) is 23.8. The molecule has 0 saturated heterocycles. The highest BCUT2D eigenvalue weighted by Crippen LogP contribution is 2.22. The van der Waals surface area contributed by atoms with Gasteiger partial charge in [0.15, 0.2) is 6.61 Å². The molecule has 1 saturated carbocycles. The fourth-order valence-electron chi connectivity index (χ4n) is 2.75. The molecule has 0 unspecified atom stereocenters. The first-order valence-corrected chi connectivity index (χ1v) is 8.39. The Morgan fingerprint density at radius 1 is 1.17 bits per heavy atom. The summed E-state index contributed by atoms with van der Waals surface area (Å²) >= 11 is 5.78. The lowest BCUT2D eigenvalue weighted by atomic mass is 9.97. The summed E-state index contributed by atoms with van der Waals surface area (Å²) in [5.74, 6) is -1.30. The van der Waals surface area contributed by atoms with Crippen molar-refractivity contribution < 1.29 is 19.4 Å². The predicted molar refractivity (Wildman–Crippen MR) is 87.6 cm³/mol. The van der Waals surface area contributed by atoms with Crippen molar-refractivity contribution in [3.63, 3.8) is 0 Å². The number of benzene rings is 1. The van der Waals surface area contributed by atoms with E-state index in [1.807, 2.05) is 0 Å². The van der Waals surface area contributed by atoms with Gasteiger partial charge in [0.1, 0.15) is 11.3 Å². The Balaban J connectivity index is 1.81. The van der Waals surface area contributed by atoms with Crippen molar-refractivity contribution in [1.82, 2.24) is 5.32 Å². The monoisotopic (exact) mass is 339 g/mol. The minimum Gasteiger partial charge on any atom is -0.507 e. The molecule has 2 N–H and O–H groups in total. The number of aromatic hydroxyl groups is 1. The maximum absolute atomic E-state index is 11.9. The summed E-state index contributed by atoms with van der Waals surface area (Å²) in [5, 5.41) is 12.9. The Morgan fingerprint density at radius 2 is 1.83 bits per heavy atom. The van der Waals surface area contributed by atoms with E-state index in [9.17, 15) is 14.7 Å². The van der Waals surface area contributed by atoms with Gasteiger partial charge in [0.25, 0.3) is 5.91 Å². The number of halogens is 1. The number of carbonyl (C=O) groups is 2. The van der Waals surface area contributed by atoms with Crippen LogP contribution >= 0.6 is 11.6 Å². The minimum atomic E-state index is -0.766. The van der Waals surface area contributed by atoms with Crippen LogP contribution in [0.4, 0.5) is 0 Å². The van der Waals surface area contributed by atoms with Gasteiger partial charge in [-0.15, -0.1) is 0 Å². The zero-order valence-electron chi connectivity index (χ0n) is 13.0. The maximum atomic E-state index is 11.9. The Labute approximate surface area is 141 Å². The summed E-state index contributed by atoms with van der Waals surface area (Å²) < 4.78 is 4.95. The van der Waals surface area contributed by atoms with Crippen LogP contribution in [0.25, 0.3) is 0 Å². The molecule has 0 heterocycles. The van der Waals surface area contributed by atoms with E-state index in [1.54, 1.807) is 0 Å². The van der Waals surface area contributed by atoms with Gasteiger partial charge >= 0.3 is 5.97 Å². The number of rotatable bonds is 4. The number of phenolic OH excluding ortho intramolecular Hbond substituents is 1. The fraction of sp³-hybridized carbons (Fsp3) is 0.529. The fourth-order valence-corrected chi connectivity index (χ4v) is 2.92. The van der Waals surface area contributed by atoms with Gasteiger partial charge in [-0.1, -0.05) is 43.7 Å². The van der Waals surface area contributed by atoms with Crippen molar-refractivity contribution in [2.75, 3.05) is 6.61 Å². The molecule has 23 heavy (non-hydrogen) atoms. The van der Waals surface area contributed by atoms with E-state index in [0.717, 1.165) is 25.7 Å². The first-order valence-electron chi connectivity index (χ1n) is 8.01. The maximum Gasteiger partial charge on any atom is 0.342 e. The third kappa shape index (κ3) is 5.75. The third-order valence-electron chi connectivity index (χ3n) is 3.98. The van der Waals surface area contributed by atoms with Crippen LogP contribution in [0.2, 0.25) is 5.02 Å². The van der Waals surface area contributed by atoms with Crippen LogP contribution in [0.5, 0.6) is 5.75 Å². The first kappa shape index (κ1) is 17.6. The van der Waals surface area contributed by atoms with E-state index in [4.69, 9.17) is 16.3 Å². The molecule has 0 aromatic heterocycles. The SMILES string of the molecule is O=C(COC(=O)c1cc(Cl)ccc1O)NC1CCCCCCC1. The van der Waals surface area contributed by atoms with E-state index in [1.165, 1.54) is 37.5 Å². The second-order valence-electron chi connectivity index (χ2n) is 5.85. The molecular weight excluding hydrogens is 318 g/mol. The van der Waals surface area contributed by atoms with Gasteiger partial charge in [0.05, 0.1) is 0 Å². The molecule has 1 aliphatic rings. The number of nitrogens with one attached hydrogen (secondary N) is 1. The molecule has 1 aromatic carbocycles. The van der Waals surface area contributed by atoms with Crippen molar-refractivity contribution in [1.29, 1.82) is 0 Å². The number of hydrogen-bond donors (Lipinski definition) is 2. The van der Waals surface area contributed by atoms with Crippen LogP contribution < -0.4 is 5.32 Å². The summed E-state index contributed by atoms with van der Waals surface area (Å²) in [6.07, 6.45) is 7.83. The lowest BCUT2D eigenvalue weighted by Gasteiger charge is -2.20. The lowest BCUT2D eigenvalue weighted by molar-refractivity contribution is -0.125. The second kappa shape index (κ2) is 8.77. The summed E-state index contributed by atoms with van der Waals surface area (Å²) in [6.45, 7) is -0.360. The quantitative estimate of drug-likeness (QED) is 0.824. The molecule has 6 heteroatoms. The number of ether oxygens (including phenoxy) is 1. The zero-order chi connectivity index (χ0) is 16.7. The van der Waals surface area contributed by atoms with Crippen LogP contribution in [-0.4, -0.2) is 29.6 Å². The van der Waals surface area contributed by atoms with Crippen LogP contribution in [0.1, 0.15) is 55.3 Å². The Morgan fingerprint density at radius 3 is 2.52 bits per heavy atom. The third-order valence-corrected chi connectivity index (χ3v) is 4.22. The van der Waals surface area contributed by atoms with Crippen molar-refractivity contribution in [2.45, 2.75) is 51.0 Å². The molecule has 0 spiro atoms. The van der Waals surface area contributed by atoms with Gasteiger partial charge in [-0.05, 0) is 31.0 Å². The average molecular weight is 340 g/mol. The van der Waals surface area contributed by atoms with Crippen molar-refractivity contribution >= 4 is 23.5 Å². The number of phenols is 1. The molecule has 0 atom stereocenters. The van der Waals surface area contributed by atoms with E-state index in [0.29, 0.717) is 5.02 Å². The van der Waals surface area contributed by atoms with Crippen molar-refractivity contribution in [3.8, 4) is 5.75 Å². The van der Waals surface area contributed by atoms with E-state index in [2.05, 4.69) is 5.32 Å². The number of carbonyl (C=O) groups excluding carboxylic acids is 2. The van der Waals surface area contributed by atoms with Gasteiger partial charge in [-0.2, -0.15) is 0 Å². The molecule has 5 nitrogen and oxygen atoms in total. The number of hydrogen-bond acceptors (Lipinski definition) is 4. The molecule has 1 amide bonds. The lowest BCUT2D eigenvalue weighted by Crippen LogP contribution is -2.38. The largest absolute Gasteiger partial charge is 0.507 e. The van der Waals surface area contributed by atoms with E-state index >= 15 is 0 Å². The van der Waals surface area contributed by atoms with Crippen molar-refractivity contribution in [3.05, 3.63) is 28.8 Å². The van der Waals surface area contributed by atoms with Crippen LogP contribution in [0.15, 0.2) is 18.2 Å². The normalized spacial score (nSPS) is 16.2. The minimum absolute atomic E-state index is 0.0451. The predicted octanol–water partition coefficient (Wildman–Crippen LogP) is 3.43. The second-order valence-corrected chi connectivity index (χ2v) is 6.28. The van der Waals surface area contributed by atoms with Gasteiger partial charge in [-0.3, -0.25) is 4.79 Å². The van der Waals surface area contributed by atoms with Crippen molar-refractivity contribution in [2.24, 2.45) is 0 Å². The molecular formula is C17H22ClNO4. The Kier molecular flexibility index (Phi) is 6.71. The Bertz CT molecular complexity index is 554. The molecule has 2 rings (SSSR count). The molecule has 1 aliphatic carbocycles. The van der Waals surface area contributed by atoms with E-state index < -0.39 is 5.97 Å². The van der Waals surface area contributed by atoms with Crippen LogP contribution in [0.3, 0.4) is 0 Å². The molecule has 0 aliphatic heterocycles. The molecule has 0 bridgehead atoms. The Hall–Kier alpha value is -1.75. The van der Waals surface area contributed by atoms with Gasteiger partial charge in [0, 0.05) is 11.1 Å². The smallest absolute Gasteiger partial charge is 0.342 e. The molecule has 0 radical (unpaired) electrons. The summed E-state index contributed by atoms with van der Waals surface area (Å²) in [7, 11) is 0. The number of esters is 1. The van der Waals surface area contributed by atoms with Crippen LogP contribution in [-0.2, 0) is 9.53 Å². The first-order chi connectivity index (χ1) is 11.1. The topological polar surface area (TPSA) is 75.6 Å². The summed E-state index contributed by atoms with van der Waals surface area (Å²) in [5.41, 5.74) is -0.0451. The highest BCUT2D eigenvalue weighted by Gasteiger charge is 2.17. The number of amides is 1. The zero-order valence-corrected chi connectivity index (χ0v) is 13.8. The van der Waals surface area contributed by atoms with Gasteiger partial charge in [0.2, 0.25) is 0 Å². The highest BCUT2D eigenvalue weighted by atomic mass is 35.5. The highest BCUT2D eigenvalue weighted by molar-refractivity contribution is 6.31. The van der Waals surface area contributed by atoms with Gasteiger partial charge in [-0.25, -0.2) is 4.79 Å². The molecule has 1 fully saturated rings. The van der Waals surface area contributed by atoms with Gasteiger partial charge < -0.3 is 15.2 Å².